The summed E-state index contributed by atoms with van der Waals surface area (Å²) in [6.07, 6.45) is 7.52. The second kappa shape index (κ2) is 3.91. The van der Waals surface area contributed by atoms with Crippen LogP contribution in [0.1, 0.15) is 13.3 Å². The van der Waals surface area contributed by atoms with Crippen molar-refractivity contribution >= 4 is 6.29 Å². The highest BCUT2D eigenvalue weighted by Gasteiger charge is 1.99. The summed E-state index contributed by atoms with van der Waals surface area (Å²) in [5.41, 5.74) is 0. The van der Waals surface area contributed by atoms with Gasteiger partial charge in [-0.25, -0.2) is 9.13 Å². The molecule has 0 saturated carbocycles. The first kappa shape index (κ1) is 7.98. The molecule has 0 unspecified atom stereocenters. The van der Waals surface area contributed by atoms with Crippen molar-refractivity contribution in [3.63, 3.8) is 0 Å². The zero-order chi connectivity index (χ0) is 8.10. The molecule has 0 aliphatic rings. The van der Waals surface area contributed by atoms with Gasteiger partial charge in [-0.1, -0.05) is 0 Å². The normalized spacial score (nSPS) is 9.91. The highest BCUT2D eigenvalue weighted by molar-refractivity contribution is 5.48. The Hall–Kier alpha value is -1.12. The fourth-order valence-electron chi connectivity index (χ4n) is 0.960. The van der Waals surface area contributed by atoms with Gasteiger partial charge in [-0.15, -0.1) is 0 Å². The molecule has 60 valence electrons. The predicted molar refractivity (Wildman–Crippen MR) is 41.0 cm³/mol. The van der Waals surface area contributed by atoms with Crippen molar-refractivity contribution in [3.05, 3.63) is 18.7 Å². The molecule has 0 amide bonds. The van der Waals surface area contributed by atoms with Crippen molar-refractivity contribution in [1.82, 2.24) is 4.57 Å². The van der Waals surface area contributed by atoms with E-state index >= 15 is 0 Å². The highest BCUT2D eigenvalue weighted by Crippen LogP contribution is 1.83. The van der Waals surface area contributed by atoms with Crippen molar-refractivity contribution in [3.8, 4) is 0 Å². The van der Waals surface area contributed by atoms with Gasteiger partial charge in [0.25, 0.3) is 0 Å². The monoisotopic (exact) mass is 153 g/mol. The standard InChI is InChI=1S/C8H13N2O/c1-2-9-5-6-10(8-9)4-3-7-11/h5-8H,2-4H2,1H3/q+1. The van der Waals surface area contributed by atoms with Crippen molar-refractivity contribution in [1.29, 1.82) is 0 Å². The van der Waals surface area contributed by atoms with Crippen LogP contribution in [0.2, 0.25) is 0 Å². The van der Waals surface area contributed by atoms with Crippen LogP contribution >= 0.6 is 0 Å². The molecular formula is C8H13N2O+. The molecule has 0 spiro atoms. The smallest absolute Gasteiger partial charge is 0.243 e. The minimum Gasteiger partial charge on any atom is -0.303 e. The Morgan fingerprint density at radius 1 is 1.64 bits per heavy atom. The van der Waals surface area contributed by atoms with Crippen LogP contribution < -0.4 is 4.57 Å². The summed E-state index contributed by atoms with van der Waals surface area (Å²) in [5.74, 6) is 0. The highest BCUT2D eigenvalue weighted by atomic mass is 16.1. The summed E-state index contributed by atoms with van der Waals surface area (Å²) in [6.45, 7) is 3.86. The van der Waals surface area contributed by atoms with E-state index in [1.165, 1.54) is 0 Å². The lowest BCUT2D eigenvalue weighted by atomic mass is 10.5. The largest absolute Gasteiger partial charge is 0.303 e. The van der Waals surface area contributed by atoms with Gasteiger partial charge in [-0.2, -0.15) is 0 Å². The fourth-order valence-corrected chi connectivity index (χ4v) is 0.960. The van der Waals surface area contributed by atoms with Crippen LogP contribution in [-0.2, 0) is 17.9 Å². The third-order valence-corrected chi connectivity index (χ3v) is 1.62. The fraction of sp³-hybridized carbons (Fsp3) is 0.500. The topological polar surface area (TPSA) is 25.9 Å². The number of aryl methyl sites for hydroxylation is 2. The molecule has 0 radical (unpaired) electrons. The van der Waals surface area contributed by atoms with E-state index in [0.717, 1.165) is 19.4 Å². The molecule has 1 aromatic rings. The zero-order valence-corrected chi connectivity index (χ0v) is 6.73. The van der Waals surface area contributed by atoms with Gasteiger partial charge < -0.3 is 4.79 Å². The summed E-state index contributed by atoms with van der Waals surface area (Å²) in [5, 5.41) is 0. The van der Waals surface area contributed by atoms with E-state index < -0.39 is 0 Å². The molecule has 1 heterocycles. The number of imidazole rings is 1. The quantitative estimate of drug-likeness (QED) is 0.453. The number of rotatable bonds is 4. The van der Waals surface area contributed by atoms with Gasteiger partial charge >= 0.3 is 0 Å². The molecule has 3 heteroatoms. The molecule has 0 fully saturated rings. The molecule has 0 aliphatic carbocycles. The average molecular weight is 153 g/mol. The lowest BCUT2D eigenvalue weighted by Crippen LogP contribution is -2.31. The number of nitrogens with zero attached hydrogens (tertiary/aromatic N) is 2. The summed E-state index contributed by atoms with van der Waals surface area (Å²) < 4.78 is 4.09. The Balaban J connectivity index is 2.50. The van der Waals surface area contributed by atoms with Crippen LogP contribution in [0.25, 0.3) is 0 Å². The first-order valence-electron chi connectivity index (χ1n) is 3.85. The molecule has 1 aromatic heterocycles. The van der Waals surface area contributed by atoms with Crippen molar-refractivity contribution < 1.29 is 9.36 Å². The van der Waals surface area contributed by atoms with Crippen LogP contribution in [0.15, 0.2) is 18.7 Å². The molecule has 0 aliphatic heterocycles. The molecule has 0 atom stereocenters. The maximum absolute atomic E-state index is 10.0. The molecule has 0 saturated heterocycles. The van der Waals surface area contributed by atoms with E-state index in [1.807, 2.05) is 23.3 Å². The van der Waals surface area contributed by atoms with Gasteiger partial charge in [0.05, 0.1) is 13.1 Å². The summed E-state index contributed by atoms with van der Waals surface area (Å²) in [4.78, 5) is 10.0. The molecule has 0 bridgehead atoms. The third kappa shape index (κ3) is 2.18. The Kier molecular flexibility index (Phi) is 2.83. The van der Waals surface area contributed by atoms with Crippen LogP contribution in [0.5, 0.6) is 0 Å². The van der Waals surface area contributed by atoms with Crippen molar-refractivity contribution in [2.75, 3.05) is 0 Å². The molecule has 3 nitrogen and oxygen atoms in total. The van der Waals surface area contributed by atoms with E-state index in [4.69, 9.17) is 0 Å². The molecule has 0 N–H and O–H groups in total. The van der Waals surface area contributed by atoms with Gasteiger partial charge in [0.15, 0.2) is 0 Å². The van der Waals surface area contributed by atoms with Gasteiger partial charge in [-0.3, -0.25) is 0 Å². The van der Waals surface area contributed by atoms with Crippen LogP contribution in [0.4, 0.5) is 0 Å². The van der Waals surface area contributed by atoms with E-state index in [9.17, 15) is 4.79 Å². The Morgan fingerprint density at radius 3 is 3.00 bits per heavy atom. The molecular weight excluding hydrogens is 140 g/mol. The van der Waals surface area contributed by atoms with E-state index in [0.29, 0.717) is 6.42 Å². The Bertz CT molecular complexity index is 230. The maximum Gasteiger partial charge on any atom is 0.243 e. The van der Waals surface area contributed by atoms with Crippen molar-refractivity contribution in [2.24, 2.45) is 0 Å². The summed E-state index contributed by atoms with van der Waals surface area (Å²) >= 11 is 0. The second-order valence-electron chi connectivity index (χ2n) is 2.44. The lowest BCUT2D eigenvalue weighted by Gasteiger charge is -1.87. The third-order valence-electron chi connectivity index (χ3n) is 1.62. The average Bonchev–Trinajstić information content (AvgIpc) is 2.48. The first-order chi connectivity index (χ1) is 5.36. The molecule has 0 aromatic carbocycles. The SMILES string of the molecule is CCn1cc[n+](CCC=O)c1. The van der Waals surface area contributed by atoms with Gasteiger partial charge in [-0.05, 0) is 6.92 Å². The maximum atomic E-state index is 10.0. The predicted octanol–water partition coefficient (Wildman–Crippen LogP) is 0.384. The minimum atomic E-state index is 0.596. The minimum absolute atomic E-state index is 0.596. The van der Waals surface area contributed by atoms with Crippen LogP contribution in [-0.4, -0.2) is 10.9 Å². The van der Waals surface area contributed by atoms with Gasteiger partial charge in [0.2, 0.25) is 6.33 Å². The van der Waals surface area contributed by atoms with E-state index in [-0.39, 0.29) is 0 Å². The number of aromatic nitrogens is 2. The summed E-state index contributed by atoms with van der Waals surface area (Å²) in [6, 6.07) is 0. The van der Waals surface area contributed by atoms with E-state index in [1.54, 1.807) is 0 Å². The number of carbonyl (C=O) groups is 1. The number of carbonyl (C=O) groups excluding carboxylic acids is 1. The molecule has 11 heavy (non-hydrogen) atoms. The second-order valence-corrected chi connectivity index (χ2v) is 2.44. The Morgan fingerprint density at radius 2 is 2.45 bits per heavy atom. The van der Waals surface area contributed by atoms with E-state index in [2.05, 4.69) is 11.5 Å². The van der Waals surface area contributed by atoms with Gasteiger partial charge in [0, 0.05) is 6.42 Å². The van der Waals surface area contributed by atoms with Crippen molar-refractivity contribution in [2.45, 2.75) is 26.4 Å². The van der Waals surface area contributed by atoms with Crippen LogP contribution in [0.3, 0.4) is 0 Å². The molecule has 1 rings (SSSR count). The zero-order valence-electron chi connectivity index (χ0n) is 6.73. The number of aldehydes is 1. The number of hydrogen-bond donors (Lipinski definition) is 0. The lowest BCUT2D eigenvalue weighted by molar-refractivity contribution is -0.695. The van der Waals surface area contributed by atoms with Gasteiger partial charge in [0.1, 0.15) is 18.7 Å². The van der Waals surface area contributed by atoms with Crippen LogP contribution in [0, 0.1) is 0 Å². The number of hydrogen-bond acceptors (Lipinski definition) is 1. The Labute approximate surface area is 66.3 Å². The summed E-state index contributed by atoms with van der Waals surface area (Å²) in [7, 11) is 0. The first-order valence-corrected chi connectivity index (χ1v) is 3.85.